The smallest absolute Gasteiger partial charge is 0.310 e. The van der Waals surface area contributed by atoms with Gasteiger partial charge in [-0.3, -0.25) is 4.79 Å². The SMILES string of the molecule is CC1CC[C@@]2(C(=O)O)CC[C@]3(C)C(=CC[C@H]4[C@@]5(C)CCC(O)C(C)(C)[C@@H]5CC[C@@]43C)[C@@H]2C1C. The van der Waals surface area contributed by atoms with Gasteiger partial charge in [-0.15, -0.1) is 0 Å². The largest absolute Gasteiger partial charge is 0.481 e. The molecule has 33 heavy (non-hydrogen) atoms. The zero-order valence-corrected chi connectivity index (χ0v) is 22.2. The van der Waals surface area contributed by atoms with E-state index in [4.69, 9.17) is 0 Å². The second kappa shape index (κ2) is 7.11. The van der Waals surface area contributed by atoms with Crippen molar-refractivity contribution in [3.63, 3.8) is 0 Å². The zero-order valence-electron chi connectivity index (χ0n) is 22.2. The molecule has 3 unspecified atom stereocenters. The van der Waals surface area contributed by atoms with E-state index in [0.29, 0.717) is 23.7 Å². The summed E-state index contributed by atoms with van der Waals surface area (Å²) in [6.45, 7) is 17.0. The molecule has 3 nitrogen and oxygen atoms in total. The van der Waals surface area contributed by atoms with E-state index in [9.17, 15) is 15.0 Å². The fourth-order valence-corrected chi connectivity index (χ4v) is 10.8. The van der Waals surface area contributed by atoms with E-state index in [-0.39, 0.29) is 33.7 Å². The minimum absolute atomic E-state index is 0.0302. The number of rotatable bonds is 1. The number of allylic oxidation sites excluding steroid dienone is 2. The quantitative estimate of drug-likeness (QED) is 0.414. The standard InChI is InChI=1S/C30H48O3/c1-18-10-15-30(25(32)33)17-16-28(6)20(24(30)19(18)2)8-9-22-27(5)13-12-23(31)26(3,4)21(27)11-14-29(22,28)7/h8,18-19,21-24,31H,9-17H2,1-7H3,(H,32,33)/t18?,19?,21-,22-,23?,24-,27-,28+,29-,30+/m0/s1. The second-order valence-electron chi connectivity index (χ2n) is 14.5. The van der Waals surface area contributed by atoms with Gasteiger partial charge in [0.15, 0.2) is 0 Å². The Bertz CT molecular complexity index is 874. The molecule has 0 bridgehead atoms. The number of fused-ring (bicyclic) bond motifs is 7. The lowest BCUT2D eigenvalue weighted by Gasteiger charge is -2.71. The minimum atomic E-state index is -0.557. The van der Waals surface area contributed by atoms with Crippen LogP contribution in [0.2, 0.25) is 0 Å². The van der Waals surface area contributed by atoms with Gasteiger partial charge in [0.2, 0.25) is 0 Å². The molecule has 5 aliphatic carbocycles. The van der Waals surface area contributed by atoms with Crippen molar-refractivity contribution in [3.05, 3.63) is 11.6 Å². The van der Waals surface area contributed by atoms with Crippen LogP contribution < -0.4 is 0 Å². The normalized spacial score (nSPS) is 55.3. The average Bonchev–Trinajstić information content (AvgIpc) is 2.74. The maximum atomic E-state index is 12.8. The van der Waals surface area contributed by atoms with Crippen LogP contribution >= 0.6 is 0 Å². The highest BCUT2D eigenvalue weighted by molar-refractivity contribution is 5.76. The summed E-state index contributed by atoms with van der Waals surface area (Å²) in [5.74, 6) is 1.82. The second-order valence-corrected chi connectivity index (χ2v) is 14.5. The van der Waals surface area contributed by atoms with Gasteiger partial charge < -0.3 is 10.2 Å². The Kier molecular flexibility index (Phi) is 5.15. The van der Waals surface area contributed by atoms with E-state index >= 15 is 0 Å². The van der Waals surface area contributed by atoms with Crippen molar-refractivity contribution in [2.75, 3.05) is 0 Å². The van der Waals surface area contributed by atoms with Gasteiger partial charge in [-0.2, -0.15) is 0 Å². The first-order chi connectivity index (χ1) is 15.3. The summed E-state index contributed by atoms with van der Waals surface area (Å²) in [5.41, 5.74) is 1.46. The fourth-order valence-electron chi connectivity index (χ4n) is 10.8. The van der Waals surface area contributed by atoms with Gasteiger partial charge in [0.25, 0.3) is 0 Å². The summed E-state index contributed by atoms with van der Waals surface area (Å²) in [7, 11) is 0. The van der Waals surface area contributed by atoms with Crippen molar-refractivity contribution in [1.82, 2.24) is 0 Å². The molecule has 0 radical (unpaired) electrons. The Labute approximate surface area is 201 Å². The Hall–Kier alpha value is -0.830. The topological polar surface area (TPSA) is 57.5 Å². The van der Waals surface area contributed by atoms with Gasteiger partial charge in [0.1, 0.15) is 0 Å². The van der Waals surface area contributed by atoms with E-state index in [1.807, 2.05) is 0 Å². The van der Waals surface area contributed by atoms with E-state index < -0.39 is 11.4 Å². The van der Waals surface area contributed by atoms with E-state index in [1.165, 1.54) is 18.4 Å². The first kappa shape index (κ1) is 23.9. The predicted octanol–water partition coefficient (Wildman–Crippen LogP) is 7.09. The average molecular weight is 457 g/mol. The molecule has 0 amide bonds. The van der Waals surface area contributed by atoms with Gasteiger partial charge in [-0.1, -0.05) is 60.1 Å². The first-order valence-electron chi connectivity index (χ1n) is 13.9. The molecule has 10 atom stereocenters. The van der Waals surface area contributed by atoms with Crippen molar-refractivity contribution in [1.29, 1.82) is 0 Å². The molecule has 2 N–H and O–H groups in total. The third-order valence-electron chi connectivity index (χ3n) is 13.4. The number of aliphatic carboxylic acids is 1. The lowest BCUT2D eigenvalue weighted by atomic mass is 9.33. The van der Waals surface area contributed by atoms with Gasteiger partial charge in [-0.25, -0.2) is 0 Å². The van der Waals surface area contributed by atoms with Gasteiger partial charge >= 0.3 is 5.97 Å². The molecule has 4 fully saturated rings. The van der Waals surface area contributed by atoms with Gasteiger partial charge in [0.05, 0.1) is 11.5 Å². The summed E-state index contributed by atoms with van der Waals surface area (Å²) in [5, 5.41) is 21.4. The Balaban J connectivity index is 1.61. The molecule has 0 heterocycles. The molecule has 3 heteroatoms. The predicted molar refractivity (Wildman–Crippen MR) is 133 cm³/mol. The highest BCUT2D eigenvalue weighted by Crippen LogP contribution is 2.75. The van der Waals surface area contributed by atoms with Crippen LogP contribution in [-0.2, 0) is 4.79 Å². The Morgan fingerprint density at radius 2 is 1.61 bits per heavy atom. The van der Waals surface area contributed by atoms with Crippen LogP contribution in [0.25, 0.3) is 0 Å². The van der Waals surface area contributed by atoms with Crippen LogP contribution in [0.4, 0.5) is 0 Å². The third kappa shape index (κ3) is 2.75. The highest BCUT2D eigenvalue weighted by Gasteiger charge is 2.69. The van der Waals surface area contributed by atoms with Crippen molar-refractivity contribution in [2.24, 2.45) is 56.7 Å². The maximum absolute atomic E-state index is 12.8. The van der Waals surface area contributed by atoms with Crippen LogP contribution in [0.5, 0.6) is 0 Å². The van der Waals surface area contributed by atoms with Crippen LogP contribution in [0.3, 0.4) is 0 Å². The van der Waals surface area contributed by atoms with Crippen molar-refractivity contribution >= 4 is 5.97 Å². The summed E-state index contributed by atoms with van der Waals surface area (Å²) in [4.78, 5) is 12.8. The lowest BCUT2D eigenvalue weighted by Crippen LogP contribution is -2.65. The van der Waals surface area contributed by atoms with Crippen molar-refractivity contribution in [3.8, 4) is 0 Å². The zero-order chi connectivity index (χ0) is 24.2. The molecular weight excluding hydrogens is 408 g/mol. The van der Waals surface area contributed by atoms with Crippen LogP contribution in [0, 0.1) is 56.7 Å². The summed E-state index contributed by atoms with van der Waals surface area (Å²) >= 11 is 0. The third-order valence-corrected chi connectivity index (χ3v) is 13.4. The number of aliphatic hydroxyl groups excluding tert-OH is 1. The number of hydrogen-bond donors (Lipinski definition) is 2. The highest BCUT2D eigenvalue weighted by atomic mass is 16.4. The molecule has 0 aromatic carbocycles. The van der Waals surface area contributed by atoms with Gasteiger partial charge in [0, 0.05) is 0 Å². The van der Waals surface area contributed by atoms with Crippen LogP contribution in [0.15, 0.2) is 11.6 Å². The molecule has 0 saturated heterocycles. The van der Waals surface area contributed by atoms with Gasteiger partial charge in [-0.05, 0) is 109 Å². The number of aliphatic hydroxyl groups is 1. The fraction of sp³-hybridized carbons (Fsp3) is 0.900. The Morgan fingerprint density at radius 3 is 2.27 bits per heavy atom. The first-order valence-corrected chi connectivity index (χ1v) is 13.9. The maximum Gasteiger partial charge on any atom is 0.310 e. The number of hydrogen-bond acceptors (Lipinski definition) is 2. The molecule has 5 rings (SSSR count). The summed E-state index contributed by atoms with van der Waals surface area (Å²) < 4.78 is 0. The van der Waals surface area contributed by atoms with E-state index in [1.54, 1.807) is 0 Å². The molecule has 0 spiro atoms. The molecule has 0 aliphatic heterocycles. The minimum Gasteiger partial charge on any atom is -0.481 e. The molecule has 5 aliphatic rings. The molecule has 0 aromatic heterocycles. The monoisotopic (exact) mass is 456 g/mol. The van der Waals surface area contributed by atoms with E-state index in [2.05, 4.69) is 54.5 Å². The van der Waals surface area contributed by atoms with Crippen LogP contribution in [0.1, 0.15) is 106 Å². The molecular formula is C30H48O3. The van der Waals surface area contributed by atoms with Crippen molar-refractivity contribution < 1.29 is 15.0 Å². The molecule has 4 saturated carbocycles. The molecule has 0 aromatic rings. The Morgan fingerprint density at radius 1 is 0.909 bits per heavy atom. The molecule has 186 valence electrons. The number of carbonyl (C=O) groups is 1. The lowest BCUT2D eigenvalue weighted by molar-refractivity contribution is -0.206. The number of carboxylic acid groups (broad SMARTS) is 1. The number of carboxylic acids is 1. The van der Waals surface area contributed by atoms with E-state index in [0.717, 1.165) is 44.9 Å². The summed E-state index contributed by atoms with van der Waals surface area (Å²) in [6, 6.07) is 0. The summed E-state index contributed by atoms with van der Waals surface area (Å²) in [6.07, 6.45) is 11.6. The van der Waals surface area contributed by atoms with Crippen molar-refractivity contribution in [2.45, 2.75) is 112 Å². The van der Waals surface area contributed by atoms with Crippen LogP contribution in [-0.4, -0.2) is 22.3 Å².